The van der Waals surface area contributed by atoms with Gasteiger partial charge in [-0.3, -0.25) is 4.79 Å². The molecular weight excluding hydrogens is 366 g/mol. The van der Waals surface area contributed by atoms with Gasteiger partial charge in [-0.05, 0) is 56.5 Å². The Morgan fingerprint density at radius 2 is 1.90 bits per heavy atom. The van der Waals surface area contributed by atoms with E-state index in [9.17, 15) is 9.59 Å². The third kappa shape index (κ3) is 5.98. The molecule has 0 aromatic heterocycles. The van der Waals surface area contributed by atoms with Crippen molar-refractivity contribution < 1.29 is 14.3 Å². The van der Waals surface area contributed by atoms with Gasteiger partial charge in [0.05, 0.1) is 12.6 Å². The molecule has 1 aliphatic heterocycles. The molecule has 3 rings (SSSR count). The summed E-state index contributed by atoms with van der Waals surface area (Å²) in [6, 6.07) is 17.3. The SMILES string of the molecule is CCOc1ccc(N2C[C@@H](NC(=O)N[C@H](C)CCc3ccccc3)CC2=O)cc1. The molecule has 0 radical (unpaired) electrons. The van der Waals surface area contributed by atoms with Crippen molar-refractivity contribution in [3.63, 3.8) is 0 Å². The molecule has 0 unspecified atom stereocenters. The number of hydrogen-bond donors (Lipinski definition) is 2. The number of nitrogens with zero attached hydrogens (tertiary/aromatic N) is 1. The van der Waals surface area contributed by atoms with Gasteiger partial charge in [-0.2, -0.15) is 0 Å². The zero-order valence-electron chi connectivity index (χ0n) is 17.1. The molecular formula is C23H29N3O3. The van der Waals surface area contributed by atoms with Gasteiger partial charge in [0.25, 0.3) is 0 Å². The van der Waals surface area contributed by atoms with Crippen molar-refractivity contribution >= 4 is 17.6 Å². The van der Waals surface area contributed by atoms with E-state index < -0.39 is 0 Å². The lowest BCUT2D eigenvalue weighted by Crippen LogP contribution is -2.46. The third-order valence-electron chi connectivity index (χ3n) is 5.01. The van der Waals surface area contributed by atoms with Crippen LogP contribution in [0.4, 0.5) is 10.5 Å². The van der Waals surface area contributed by atoms with Gasteiger partial charge in [-0.1, -0.05) is 30.3 Å². The Morgan fingerprint density at radius 3 is 2.59 bits per heavy atom. The first kappa shape index (κ1) is 20.7. The zero-order chi connectivity index (χ0) is 20.6. The minimum Gasteiger partial charge on any atom is -0.494 e. The molecule has 1 heterocycles. The summed E-state index contributed by atoms with van der Waals surface area (Å²) in [4.78, 5) is 26.4. The first-order chi connectivity index (χ1) is 14.0. The summed E-state index contributed by atoms with van der Waals surface area (Å²) in [5, 5.41) is 5.90. The van der Waals surface area contributed by atoms with Crippen LogP contribution in [0, 0.1) is 0 Å². The van der Waals surface area contributed by atoms with E-state index >= 15 is 0 Å². The maximum Gasteiger partial charge on any atom is 0.315 e. The molecule has 0 spiro atoms. The van der Waals surface area contributed by atoms with Crippen molar-refractivity contribution in [2.75, 3.05) is 18.1 Å². The number of benzene rings is 2. The molecule has 2 aromatic rings. The fraction of sp³-hybridized carbons (Fsp3) is 0.391. The number of urea groups is 1. The van der Waals surface area contributed by atoms with Gasteiger partial charge >= 0.3 is 6.03 Å². The number of ether oxygens (including phenoxy) is 1. The molecule has 0 bridgehead atoms. The highest BCUT2D eigenvalue weighted by atomic mass is 16.5. The van der Waals surface area contributed by atoms with Crippen molar-refractivity contribution in [2.24, 2.45) is 0 Å². The first-order valence-electron chi connectivity index (χ1n) is 10.2. The van der Waals surface area contributed by atoms with Gasteiger partial charge in [0.1, 0.15) is 5.75 Å². The maximum absolute atomic E-state index is 12.4. The molecule has 3 amide bonds. The van der Waals surface area contributed by atoms with Crippen molar-refractivity contribution in [1.82, 2.24) is 10.6 Å². The Bertz CT molecular complexity index is 808. The lowest BCUT2D eigenvalue weighted by Gasteiger charge is -2.19. The van der Waals surface area contributed by atoms with Crippen molar-refractivity contribution in [3.8, 4) is 5.75 Å². The van der Waals surface area contributed by atoms with Crippen LogP contribution in [0.15, 0.2) is 54.6 Å². The van der Waals surface area contributed by atoms with Crippen LogP contribution in [-0.2, 0) is 11.2 Å². The fourth-order valence-corrected chi connectivity index (χ4v) is 3.49. The molecule has 1 aliphatic rings. The van der Waals surface area contributed by atoms with Gasteiger partial charge in [0.15, 0.2) is 0 Å². The standard InChI is InChI=1S/C23H29N3O3/c1-3-29-21-13-11-20(12-14-21)26-16-19(15-22(26)27)25-23(28)24-17(2)9-10-18-7-5-4-6-8-18/h4-8,11-14,17,19H,3,9-10,15-16H2,1-2H3,(H2,24,25,28)/t17-,19+/m1/s1. The summed E-state index contributed by atoms with van der Waals surface area (Å²) in [7, 11) is 0. The van der Waals surface area contributed by atoms with Crippen LogP contribution in [0.3, 0.4) is 0 Å². The van der Waals surface area contributed by atoms with Crippen molar-refractivity contribution in [3.05, 3.63) is 60.2 Å². The molecule has 0 aliphatic carbocycles. The van der Waals surface area contributed by atoms with E-state index in [1.165, 1.54) is 5.56 Å². The average Bonchev–Trinajstić information content (AvgIpc) is 3.08. The van der Waals surface area contributed by atoms with Crippen LogP contribution in [0.5, 0.6) is 5.75 Å². The molecule has 2 aromatic carbocycles. The van der Waals surface area contributed by atoms with Gasteiger partial charge in [-0.15, -0.1) is 0 Å². The summed E-state index contributed by atoms with van der Waals surface area (Å²) < 4.78 is 5.44. The minimum atomic E-state index is -0.225. The topological polar surface area (TPSA) is 70.7 Å². The highest BCUT2D eigenvalue weighted by molar-refractivity contribution is 5.96. The minimum absolute atomic E-state index is 0.0107. The van der Waals surface area contributed by atoms with E-state index in [1.54, 1.807) is 4.90 Å². The lowest BCUT2D eigenvalue weighted by atomic mass is 10.1. The molecule has 154 valence electrons. The second-order valence-electron chi connectivity index (χ2n) is 7.38. The van der Waals surface area contributed by atoms with Crippen LogP contribution in [0.1, 0.15) is 32.3 Å². The summed E-state index contributed by atoms with van der Waals surface area (Å²) in [5.41, 5.74) is 2.08. The predicted molar refractivity (Wildman–Crippen MR) is 114 cm³/mol. The number of carbonyl (C=O) groups excluding carboxylic acids is 2. The van der Waals surface area contributed by atoms with Crippen LogP contribution < -0.4 is 20.3 Å². The van der Waals surface area contributed by atoms with E-state index in [1.807, 2.05) is 56.3 Å². The van der Waals surface area contributed by atoms with Gasteiger partial charge < -0.3 is 20.3 Å². The number of carbonyl (C=O) groups is 2. The lowest BCUT2D eigenvalue weighted by molar-refractivity contribution is -0.117. The fourth-order valence-electron chi connectivity index (χ4n) is 3.49. The second kappa shape index (κ2) is 9.96. The average molecular weight is 396 g/mol. The number of nitrogens with one attached hydrogen (secondary N) is 2. The molecule has 0 saturated carbocycles. The number of rotatable bonds is 8. The maximum atomic E-state index is 12.4. The number of amides is 3. The van der Waals surface area contributed by atoms with Crippen LogP contribution in [-0.4, -0.2) is 37.2 Å². The van der Waals surface area contributed by atoms with Crippen LogP contribution >= 0.6 is 0 Å². The van der Waals surface area contributed by atoms with Crippen molar-refractivity contribution in [1.29, 1.82) is 0 Å². The van der Waals surface area contributed by atoms with E-state index in [0.717, 1.165) is 24.3 Å². The third-order valence-corrected chi connectivity index (χ3v) is 5.01. The molecule has 6 heteroatoms. The highest BCUT2D eigenvalue weighted by Gasteiger charge is 2.31. The van der Waals surface area contributed by atoms with Gasteiger partial charge in [-0.25, -0.2) is 4.79 Å². The monoisotopic (exact) mass is 395 g/mol. The summed E-state index contributed by atoms with van der Waals surface area (Å²) in [5.74, 6) is 0.790. The Labute approximate surface area is 172 Å². The summed E-state index contributed by atoms with van der Waals surface area (Å²) >= 11 is 0. The van der Waals surface area contributed by atoms with E-state index in [-0.39, 0.29) is 24.0 Å². The van der Waals surface area contributed by atoms with Crippen molar-refractivity contribution in [2.45, 2.75) is 45.2 Å². The largest absolute Gasteiger partial charge is 0.494 e. The van der Waals surface area contributed by atoms with E-state index in [0.29, 0.717) is 19.6 Å². The molecule has 6 nitrogen and oxygen atoms in total. The predicted octanol–water partition coefficient (Wildman–Crippen LogP) is 3.51. The molecule has 1 fully saturated rings. The Morgan fingerprint density at radius 1 is 1.17 bits per heavy atom. The second-order valence-corrected chi connectivity index (χ2v) is 7.38. The van der Waals surface area contributed by atoms with Gasteiger partial charge in [0, 0.05) is 24.7 Å². The molecule has 1 saturated heterocycles. The van der Waals surface area contributed by atoms with E-state index in [2.05, 4.69) is 22.8 Å². The molecule has 2 N–H and O–H groups in total. The Hall–Kier alpha value is -3.02. The van der Waals surface area contributed by atoms with E-state index in [4.69, 9.17) is 4.74 Å². The molecule has 2 atom stereocenters. The highest BCUT2D eigenvalue weighted by Crippen LogP contribution is 2.24. The summed E-state index contributed by atoms with van der Waals surface area (Å²) in [6.07, 6.45) is 2.08. The summed E-state index contributed by atoms with van der Waals surface area (Å²) in [6.45, 7) is 5.00. The quantitative estimate of drug-likeness (QED) is 0.719. The van der Waals surface area contributed by atoms with Crippen LogP contribution in [0.2, 0.25) is 0 Å². The Kier molecular flexibility index (Phi) is 7.11. The number of aryl methyl sites for hydroxylation is 1. The van der Waals surface area contributed by atoms with Crippen LogP contribution in [0.25, 0.3) is 0 Å². The number of hydrogen-bond acceptors (Lipinski definition) is 3. The first-order valence-corrected chi connectivity index (χ1v) is 10.2. The zero-order valence-corrected chi connectivity index (χ0v) is 17.1. The molecule has 29 heavy (non-hydrogen) atoms. The van der Waals surface area contributed by atoms with Gasteiger partial charge in [0.2, 0.25) is 5.91 Å². The normalized spacial score (nSPS) is 17.1. The number of anilines is 1. The Balaban J connectivity index is 1.45. The smallest absolute Gasteiger partial charge is 0.315 e.